The van der Waals surface area contributed by atoms with E-state index in [1.807, 2.05) is 30.3 Å². The quantitative estimate of drug-likeness (QED) is 0.631. The number of benzene rings is 1. The summed E-state index contributed by atoms with van der Waals surface area (Å²) in [5, 5.41) is 0.230. The molecule has 0 N–H and O–H groups in total. The lowest BCUT2D eigenvalue weighted by Gasteiger charge is -2.01. The van der Waals surface area contributed by atoms with Crippen molar-refractivity contribution < 1.29 is 4.74 Å². The van der Waals surface area contributed by atoms with Gasteiger partial charge in [-0.1, -0.05) is 30.3 Å². The third-order valence-corrected chi connectivity index (χ3v) is 1.35. The summed E-state index contributed by atoms with van der Waals surface area (Å²) < 4.78 is 5.00. The Balaban J connectivity index is 2.45. The van der Waals surface area contributed by atoms with Gasteiger partial charge in [0.05, 0.1) is 0 Å². The van der Waals surface area contributed by atoms with Crippen molar-refractivity contribution in [3.8, 4) is 0 Å². The van der Waals surface area contributed by atoms with Gasteiger partial charge in [0.1, 0.15) is 6.61 Å². The molecule has 0 radical (unpaired) electrons. The van der Waals surface area contributed by atoms with E-state index in [-0.39, 0.29) is 5.22 Å². The molecule has 0 aliphatic heterocycles. The van der Waals surface area contributed by atoms with Crippen LogP contribution in [0.1, 0.15) is 5.56 Å². The maximum atomic E-state index is 5.41. The average molecular weight is 169 g/mol. The summed E-state index contributed by atoms with van der Waals surface area (Å²) in [6.07, 6.45) is 0. The van der Waals surface area contributed by atoms with Crippen LogP contribution < -0.4 is 0 Å². The summed E-state index contributed by atoms with van der Waals surface area (Å²) in [7, 11) is 0. The first kappa shape index (κ1) is 8.15. The summed E-state index contributed by atoms with van der Waals surface area (Å²) in [4.78, 5) is 0. The molecule has 0 fully saturated rings. The Morgan fingerprint density at radius 2 is 2.00 bits per heavy atom. The highest BCUT2D eigenvalue weighted by atomic mass is 35.5. The second-order valence-corrected chi connectivity index (χ2v) is 2.55. The van der Waals surface area contributed by atoms with Crippen LogP contribution in [0.5, 0.6) is 0 Å². The molecule has 2 heteroatoms. The van der Waals surface area contributed by atoms with Gasteiger partial charge in [0.15, 0.2) is 5.22 Å². The van der Waals surface area contributed by atoms with Crippen LogP contribution in [0.2, 0.25) is 0 Å². The van der Waals surface area contributed by atoms with Crippen molar-refractivity contribution in [2.75, 3.05) is 0 Å². The van der Waals surface area contributed by atoms with Gasteiger partial charge < -0.3 is 4.74 Å². The van der Waals surface area contributed by atoms with Crippen molar-refractivity contribution in [2.45, 2.75) is 6.61 Å². The molecule has 0 aliphatic rings. The minimum atomic E-state index is 0.230. The lowest BCUT2D eigenvalue weighted by atomic mass is 10.2. The van der Waals surface area contributed by atoms with Crippen molar-refractivity contribution in [1.29, 1.82) is 0 Å². The largest absolute Gasteiger partial charge is 0.479 e. The van der Waals surface area contributed by atoms with Gasteiger partial charge in [0.25, 0.3) is 0 Å². The van der Waals surface area contributed by atoms with E-state index in [1.165, 1.54) is 0 Å². The Morgan fingerprint density at radius 3 is 2.55 bits per heavy atom. The predicted molar refractivity (Wildman–Crippen MR) is 46.2 cm³/mol. The second-order valence-electron chi connectivity index (χ2n) is 2.13. The zero-order chi connectivity index (χ0) is 8.10. The summed E-state index contributed by atoms with van der Waals surface area (Å²) >= 11 is 5.41. The Morgan fingerprint density at radius 1 is 1.36 bits per heavy atom. The van der Waals surface area contributed by atoms with Gasteiger partial charge in [-0.05, 0) is 23.7 Å². The molecular formula is C9H9ClO. The summed E-state index contributed by atoms with van der Waals surface area (Å²) in [5.74, 6) is 0. The lowest BCUT2D eigenvalue weighted by Crippen LogP contribution is -1.86. The van der Waals surface area contributed by atoms with Gasteiger partial charge in [-0.2, -0.15) is 0 Å². The van der Waals surface area contributed by atoms with Gasteiger partial charge >= 0.3 is 0 Å². The zero-order valence-corrected chi connectivity index (χ0v) is 6.84. The van der Waals surface area contributed by atoms with Gasteiger partial charge in [-0.25, -0.2) is 0 Å². The maximum absolute atomic E-state index is 5.41. The number of ether oxygens (including phenoxy) is 1. The summed E-state index contributed by atoms with van der Waals surface area (Å²) in [6, 6.07) is 9.81. The van der Waals surface area contributed by atoms with Gasteiger partial charge in [-0.3, -0.25) is 0 Å². The van der Waals surface area contributed by atoms with Crippen molar-refractivity contribution in [1.82, 2.24) is 0 Å². The van der Waals surface area contributed by atoms with Crippen molar-refractivity contribution in [3.05, 3.63) is 47.7 Å². The molecule has 11 heavy (non-hydrogen) atoms. The molecule has 0 unspecified atom stereocenters. The summed E-state index contributed by atoms with van der Waals surface area (Å²) in [6.45, 7) is 3.90. The first-order valence-electron chi connectivity index (χ1n) is 3.30. The highest BCUT2D eigenvalue weighted by Gasteiger charge is 1.90. The number of hydrogen-bond donors (Lipinski definition) is 0. The Hall–Kier alpha value is -0.950. The molecule has 1 aromatic rings. The van der Waals surface area contributed by atoms with Crippen LogP contribution >= 0.6 is 11.6 Å². The Labute approximate surface area is 71.3 Å². The van der Waals surface area contributed by atoms with E-state index < -0.39 is 0 Å². The Kier molecular flexibility index (Phi) is 2.99. The minimum Gasteiger partial charge on any atom is -0.479 e. The molecule has 1 rings (SSSR count). The topological polar surface area (TPSA) is 9.23 Å². The average Bonchev–Trinajstić information content (AvgIpc) is 2.03. The first-order chi connectivity index (χ1) is 5.29. The predicted octanol–water partition coefficient (Wildman–Crippen LogP) is 2.91. The van der Waals surface area contributed by atoms with Crippen LogP contribution in [0.4, 0.5) is 0 Å². The molecule has 0 aromatic heterocycles. The van der Waals surface area contributed by atoms with E-state index in [9.17, 15) is 0 Å². The van der Waals surface area contributed by atoms with E-state index in [0.717, 1.165) is 5.56 Å². The van der Waals surface area contributed by atoms with E-state index in [4.69, 9.17) is 16.3 Å². The van der Waals surface area contributed by atoms with Gasteiger partial charge in [-0.15, -0.1) is 0 Å². The zero-order valence-electron chi connectivity index (χ0n) is 6.09. The molecule has 58 valence electrons. The fraction of sp³-hybridized carbons (Fsp3) is 0.111. The monoisotopic (exact) mass is 168 g/mol. The second kappa shape index (κ2) is 4.04. The number of rotatable bonds is 3. The molecule has 1 nitrogen and oxygen atoms in total. The molecule has 0 heterocycles. The fourth-order valence-electron chi connectivity index (χ4n) is 0.736. The SMILES string of the molecule is C=C(Cl)OCc1ccccc1. The number of halogens is 1. The molecule has 0 saturated heterocycles. The van der Waals surface area contributed by atoms with Crippen LogP contribution in [0.25, 0.3) is 0 Å². The highest BCUT2D eigenvalue weighted by molar-refractivity contribution is 6.27. The van der Waals surface area contributed by atoms with Crippen LogP contribution in [0.15, 0.2) is 42.1 Å². The third-order valence-electron chi connectivity index (χ3n) is 1.24. The van der Waals surface area contributed by atoms with E-state index in [0.29, 0.717) is 6.61 Å². The van der Waals surface area contributed by atoms with Crippen molar-refractivity contribution >= 4 is 11.6 Å². The lowest BCUT2D eigenvalue weighted by molar-refractivity contribution is 0.224. The Bertz CT molecular complexity index is 231. The molecule has 0 aliphatic carbocycles. The van der Waals surface area contributed by atoms with E-state index in [2.05, 4.69) is 6.58 Å². The van der Waals surface area contributed by atoms with Crippen LogP contribution in [0, 0.1) is 0 Å². The van der Waals surface area contributed by atoms with Crippen molar-refractivity contribution in [3.63, 3.8) is 0 Å². The van der Waals surface area contributed by atoms with Gasteiger partial charge in [0, 0.05) is 0 Å². The molecule has 0 saturated carbocycles. The maximum Gasteiger partial charge on any atom is 0.179 e. The molecule has 0 bridgehead atoms. The van der Waals surface area contributed by atoms with E-state index >= 15 is 0 Å². The molecule has 0 spiro atoms. The fourth-order valence-corrected chi connectivity index (χ4v) is 0.790. The van der Waals surface area contributed by atoms with Crippen LogP contribution in [-0.2, 0) is 11.3 Å². The smallest absolute Gasteiger partial charge is 0.179 e. The minimum absolute atomic E-state index is 0.230. The highest BCUT2D eigenvalue weighted by Crippen LogP contribution is 2.06. The molecular weight excluding hydrogens is 160 g/mol. The normalized spacial score (nSPS) is 9.18. The third kappa shape index (κ3) is 3.10. The first-order valence-corrected chi connectivity index (χ1v) is 3.68. The van der Waals surface area contributed by atoms with Crippen LogP contribution in [-0.4, -0.2) is 0 Å². The number of hydrogen-bond acceptors (Lipinski definition) is 1. The molecule has 1 aromatic carbocycles. The van der Waals surface area contributed by atoms with E-state index in [1.54, 1.807) is 0 Å². The summed E-state index contributed by atoms with van der Waals surface area (Å²) in [5.41, 5.74) is 1.09. The molecule has 0 amide bonds. The van der Waals surface area contributed by atoms with Crippen LogP contribution in [0.3, 0.4) is 0 Å². The molecule has 0 atom stereocenters. The van der Waals surface area contributed by atoms with Gasteiger partial charge in [0.2, 0.25) is 0 Å². The standard InChI is InChI=1S/C9H9ClO/c1-8(10)11-7-9-5-3-2-4-6-9/h2-6H,1,7H2. The van der Waals surface area contributed by atoms with Crippen molar-refractivity contribution in [2.24, 2.45) is 0 Å².